The van der Waals surface area contributed by atoms with Crippen molar-refractivity contribution in [1.29, 1.82) is 0 Å². The van der Waals surface area contributed by atoms with E-state index in [1.165, 1.54) is 11.1 Å². The van der Waals surface area contributed by atoms with Crippen molar-refractivity contribution in [2.24, 2.45) is 11.7 Å². The maximum atomic E-state index is 12.6. The van der Waals surface area contributed by atoms with E-state index in [1.807, 2.05) is 12.1 Å². The molecule has 1 fully saturated rings. The number of ether oxygens (including phenoxy) is 1. The predicted octanol–water partition coefficient (Wildman–Crippen LogP) is 2.30. The molecule has 0 bridgehead atoms. The topological polar surface area (TPSA) is 89.7 Å². The largest absolute Gasteiger partial charge is 0.447 e. The zero-order valence-electron chi connectivity index (χ0n) is 15.5. The van der Waals surface area contributed by atoms with Gasteiger partial charge in [-0.15, -0.1) is 0 Å². The molecule has 0 saturated carbocycles. The van der Waals surface area contributed by atoms with E-state index in [1.54, 1.807) is 35.2 Å². The summed E-state index contributed by atoms with van der Waals surface area (Å²) in [6.45, 7) is 0.247. The summed E-state index contributed by atoms with van der Waals surface area (Å²) in [5.74, 6) is -2.05. The van der Waals surface area contributed by atoms with E-state index < -0.39 is 23.9 Å². The Morgan fingerprint density at radius 1 is 1.07 bits per heavy atom. The van der Waals surface area contributed by atoms with E-state index >= 15 is 0 Å². The number of amides is 2. The molecule has 2 aliphatic rings. The molecule has 1 aliphatic heterocycles. The van der Waals surface area contributed by atoms with Gasteiger partial charge in [-0.05, 0) is 42.5 Å². The maximum absolute atomic E-state index is 12.6. The van der Waals surface area contributed by atoms with Crippen LogP contribution in [-0.2, 0) is 32.0 Å². The van der Waals surface area contributed by atoms with E-state index in [2.05, 4.69) is 6.07 Å². The number of carbonyl (C=O) groups is 3. The molecule has 2 atom stereocenters. The highest BCUT2D eigenvalue weighted by atomic mass is 16.5. The van der Waals surface area contributed by atoms with Crippen LogP contribution in [0.25, 0.3) is 0 Å². The minimum atomic E-state index is -1.15. The second-order valence-electron chi connectivity index (χ2n) is 7.34. The number of primary amides is 1. The van der Waals surface area contributed by atoms with Crippen molar-refractivity contribution in [2.75, 3.05) is 11.4 Å². The van der Waals surface area contributed by atoms with Crippen LogP contribution in [0.2, 0.25) is 0 Å². The fraction of sp³-hybridized carbons (Fsp3) is 0.318. The lowest BCUT2D eigenvalue weighted by Gasteiger charge is -2.19. The van der Waals surface area contributed by atoms with E-state index in [0.717, 1.165) is 24.9 Å². The zero-order chi connectivity index (χ0) is 19.7. The fourth-order valence-electron chi connectivity index (χ4n) is 3.97. The van der Waals surface area contributed by atoms with Crippen LogP contribution < -0.4 is 10.6 Å². The molecule has 2 N–H and O–H groups in total. The van der Waals surface area contributed by atoms with Crippen LogP contribution in [0.5, 0.6) is 0 Å². The first kappa shape index (κ1) is 18.2. The summed E-state index contributed by atoms with van der Waals surface area (Å²) >= 11 is 0. The second kappa shape index (κ2) is 7.46. The van der Waals surface area contributed by atoms with Crippen molar-refractivity contribution < 1.29 is 19.1 Å². The Kier molecular flexibility index (Phi) is 4.86. The van der Waals surface area contributed by atoms with Crippen molar-refractivity contribution in [1.82, 2.24) is 0 Å². The molecule has 0 radical (unpaired) electrons. The van der Waals surface area contributed by atoms with Crippen LogP contribution in [0.15, 0.2) is 48.5 Å². The first-order valence-corrected chi connectivity index (χ1v) is 9.50. The molecular formula is C22H22N2O4. The molecule has 2 aromatic carbocycles. The number of anilines is 1. The van der Waals surface area contributed by atoms with Crippen LogP contribution in [0, 0.1) is 5.92 Å². The lowest BCUT2D eigenvalue weighted by Crippen LogP contribution is -2.30. The molecule has 1 aliphatic carbocycles. The van der Waals surface area contributed by atoms with Gasteiger partial charge in [0.25, 0.3) is 5.91 Å². The summed E-state index contributed by atoms with van der Waals surface area (Å²) in [5.41, 5.74) is 9.36. The molecule has 1 saturated heterocycles. The Morgan fingerprint density at radius 2 is 1.82 bits per heavy atom. The number of esters is 1. The number of carbonyl (C=O) groups excluding carboxylic acids is 3. The Morgan fingerprint density at radius 3 is 2.57 bits per heavy atom. The van der Waals surface area contributed by atoms with Gasteiger partial charge in [-0.25, -0.2) is 0 Å². The highest BCUT2D eigenvalue weighted by Gasteiger charge is 2.38. The van der Waals surface area contributed by atoms with Gasteiger partial charge in [-0.3, -0.25) is 14.4 Å². The fourth-order valence-corrected chi connectivity index (χ4v) is 3.97. The number of benzene rings is 2. The highest BCUT2D eigenvalue weighted by molar-refractivity contribution is 6.00. The van der Waals surface area contributed by atoms with Crippen molar-refractivity contribution >= 4 is 23.5 Å². The highest BCUT2D eigenvalue weighted by Crippen LogP contribution is 2.31. The lowest BCUT2D eigenvalue weighted by atomic mass is 10.1. The normalized spacial score (nSPS) is 19.4. The Labute approximate surface area is 163 Å². The summed E-state index contributed by atoms with van der Waals surface area (Å²) in [6.07, 6.45) is 2.14. The molecule has 4 rings (SSSR count). The third-order valence-corrected chi connectivity index (χ3v) is 5.45. The number of rotatable bonds is 5. The van der Waals surface area contributed by atoms with E-state index in [9.17, 15) is 14.4 Å². The molecule has 0 aromatic heterocycles. The van der Waals surface area contributed by atoms with Gasteiger partial charge in [-0.2, -0.15) is 0 Å². The minimum absolute atomic E-state index is 0.0657. The van der Waals surface area contributed by atoms with Crippen LogP contribution in [-0.4, -0.2) is 24.3 Å². The summed E-state index contributed by atoms with van der Waals surface area (Å²) in [4.78, 5) is 38.5. The number of fused-ring (bicyclic) bond motifs is 1. The number of nitrogens with zero attached hydrogens (tertiary/aromatic N) is 1. The van der Waals surface area contributed by atoms with Crippen molar-refractivity contribution in [3.8, 4) is 0 Å². The van der Waals surface area contributed by atoms with Crippen molar-refractivity contribution in [3.63, 3.8) is 0 Å². The van der Waals surface area contributed by atoms with Gasteiger partial charge in [0.1, 0.15) is 0 Å². The standard InChI is InChI=1S/C22H22N2O4/c23-21(26)20(15-5-2-1-3-6-15)28-22(27)17-12-19(25)24(13-17)18-10-9-14-7-4-8-16(14)11-18/h1-3,5-6,9-11,17,20H,4,7-8,12-13H2,(H2,23,26)/t17-,20+/m1/s1. The zero-order valence-corrected chi connectivity index (χ0v) is 15.5. The summed E-state index contributed by atoms with van der Waals surface area (Å²) in [5, 5.41) is 0. The molecular weight excluding hydrogens is 356 g/mol. The van der Waals surface area contributed by atoms with Crippen LogP contribution in [0.1, 0.15) is 35.6 Å². The number of nitrogens with two attached hydrogens (primary N) is 1. The molecule has 144 valence electrons. The van der Waals surface area contributed by atoms with Gasteiger partial charge >= 0.3 is 5.97 Å². The number of hydrogen-bond donors (Lipinski definition) is 1. The summed E-state index contributed by atoms with van der Waals surface area (Å²) in [6, 6.07) is 14.7. The number of hydrogen-bond acceptors (Lipinski definition) is 4. The first-order valence-electron chi connectivity index (χ1n) is 9.50. The van der Waals surface area contributed by atoms with Crippen molar-refractivity contribution in [3.05, 3.63) is 65.2 Å². The molecule has 28 heavy (non-hydrogen) atoms. The molecule has 2 aromatic rings. The molecule has 6 heteroatoms. The smallest absolute Gasteiger partial charge is 0.312 e. The van der Waals surface area contributed by atoms with Gasteiger partial charge in [0.2, 0.25) is 12.0 Å². The second-order valence-corrected chi connectivity index (χ2v) is 7.34. The average molecular weight is 378 g/mol. The molecule has 2 amide bonds. The third kappa shape index (κ3) is 3.50. The van der Waals surface area contributed by atoms with Gasteiger partial charge < -0.3 is 15.4 Å². The Balaban J connectivity index is 1.47. The van der Waals surface area contributed by atoms with Gasteiger partial charge in [0.15, 0.2) is 0 Å². The van der Waals surface area contributed by atoms with E-state index in [4.69, 9.17) is 10.5 Å². The summed E-state index contributed by atoms with van der Waals surface area (Å²) < 4.78 is 5.40. The van der Waals surface area contributed by atoms with Gasteiger partial charge in [0, 0.05) is 24.2 Å². The third-order valence-electron chi connectivity index (χ3n) is 5.45. The Hall–Kier alpha value is -3.15. The van der Waals surface area contributed by atoms with Crippen LogP contribution >= 0.6 is 0 Å². The molecule has 6 nitrogen and oxygen atoms in total. The lowest BCUT2D eigenvalue weighted by molar-refractivity contribution is -0.159. The van der Waals surface area contributed by atoms with Gasteiger partial charge in [0.05, 0.1) is 5.92 Å². The SMILES string of the molecule is NC(=O)[C@@H](OC(=O)[C@@H]1CC(=O)N(c2ccc3c(c2)CCC3)C1)c1ccccc1. The quantitative estimate of drug-likeness (QED) is 0.809. The molecule has 0 unspecified atom stereocenters. The van der Waals surface area contributed by atoms with Gasteiger partial charge in [-0.1, -0.05) is 36.4 Å². The average Bonchev–Trinajstić information content (AvgIpc) is 3.32. The monoisotopic (exact) mass is 378 g/mol. The van der Waals surface area contributed by atoms with E-state index in [-0.39, 0.29) is 18.9 Å². The van der Waals surface area contributed by atoms with Crippen LogP contribution in [0.4, 0.5) is 5.69 Å². The molecule has 1 heterocycles. The predicted molar refractivity (Wildman–Crippen MR) is 103 cm³/mol. The number of aryl methyl sites for hydroxylation is 2. The van der Waals surface area contributed by atoms with Crippen molar-refractivity contribution in [2.45, 2.75) is 31.8 Å². The first-order chi connectivity index (χ1) is 13.5. The minimum Gasteiger partial charge on any atom is -0.447 e. The molecule has 0 spiro atoms. The Bertz CT molecular complexity index is 925. The summed E-state index contributed by atoms with van der Waals surface area (Å²) in [7, 11) is 0. The maximum Gasteiger partial charge on any atom is 0.312 e. The van der Waals surface area contributed by atoms with E-state index in [0.29, 0.717) is 5.56 Å². The van der Waals surface area contributed by atoms with Crippen LogP contribution in [0.3, 0.4) is 0 Å².